The van der Waals surface area contributed by atoms with Crippen molar-refractivity contribution in [3.63, 3.8) is 0 Å². The Balaban J connectivity index is 1.96. The highest BCUT2D eigenvalue weighted by Crippen LogP contribution is 2.31. The largest absolute Gasteiger partial charge is 0.321 e. The summed E-state index contributed by atoms with van der Waals surface area (Å²) >= 11 is 12.6. The molecular weight excluding hydrogens is 443 g/mol. The molecule has 0 aliphatic carbocycles. The van der Waals surface area contributed by atoms with Crippen LogP contribution in [0.4, 0.5) is 5.69 Å². The monoisotopic (exact) mass is 468 g/mol. The summed E-state index contributed by atoms with van der Waals surface area (Å²) in [6.07, 6.45) is 4.08. The van der Waals surface area contributed by atoms with Crippen molar-refractivity contribution in [2.75, 3.05) is 18.4 Å². The number of sulfonamides is 1. The van der Waals surface area contributed by atoms with E-state index < -0.39 is 15.9 Å². The summed E-state index contributed by atoms with van der Waals surface area (Å²) < 4.78 is 27.5. The molecule has 0 saturated carbocycles. The van der Waals surface area contributed by atoms with Gasteiger partial charge in [0.05, 0.1) is 15.5 Å². The number of rotatable bonds is 6. The van der Waals surface area contributed by atoms with Crippen molar-refractivity contribution >= 4 is 44.8 Å². The number of carbonyl (C=O) groups excluding carboxylic acids is 1. The molecule has 162 valence electrons. The first kappa shape index (κ1) is 23.1. The maximum Gasteiger partial charge on any atom is 0.257 e. The number of carbonyl (C=O) groups is 1. The average Bonchev–Trinajstić information content (AvgIpc) is 2.75. The molecule has 1 fully saturated rings. The van der Waals surface area contributed by atoms with Crippen molar-refractivity contribution in [1.29, 1.82) is 0 Å². The Morgan fingerprint density at radius 2 is 1.67 bits per heavy atom. The molecule has 0 bridgehead atoms. The Bertz CT molecular complexity index is 1050. The van der Waals surface area contributed by atoms with Gasteiger partial charge in [-0.1, -0.05) is 49.5 Å². The van der Waals surface area contributed by atoms with Crippen molar-refractivity contribution in [2.24, 2.45) is 0 Å². The molecule has 2 aromatic rings. The Morgan fingerprint density at radius 1 is 1.00 bits per heavy atom. The van der Waals surface area contributed by atoms with Crippen molar-refractivity contribution in [3.8, 4) is 0 Å². The smallest absolute Gasteiger partial charge is 0.257 e. The van der Waals surface area contributed by atoms with Crippen LogP contribution in [0.2, 0.25) is 10.0 Å². The zero-order valence-electron chi connectivity index (χ0n) is 17.2. The highest BCUT2D eigenvalue weighted by atomic mass is 35.5. The number of piperidine rings is 1. The topological polar surface area (TPSA) is 66.5 Å². The molecule has 0 atom stereocenters. The van der Waals surface area contributed by atoms with Crippen molar-refractivity contribution in [3.05, 3.63) is 57.1 Å². The van der Waals surface area contributed by atoms with E-state index in [0.29, 0.717) is 30.2 Å². The van der Waals surface area contributed by atoms with Crippen molar-refractivity contribution in [2.45, 2.75) is 50.8 Å². The maximum absolute atomic E-state index is 13.1. The van der Waals surface area contributed by atoms with Crippen LogP contribution >= 0.6 is 23.2 Å². The Labute approximate surface area is 188 Å². The Hall–Kier alpha value is -1.60. The minimum atomic E-state index is -3.67. The molecule has 1 N–H and O–H groups in total. The zero-order valence-corrected chi connectivity index (χ0v) is 19.5. The molecule has 1 aliphatic heterocycles. The van der Waals surface area contributed by atoms with Gasteiger partial charge in [0, 0.05) is 23.8 Å². The van der Waals surface area contributed by atoms with E-state index in [1.165, 1.54) is 22.5 Å². The number of nitrogens with zero attached hydrogens (tertiary/aromatic N) is 1. The minimum Gasteiger partial charge on any atom is -0.321 e. The van der Waals surface area contributed by atoms with Gasteiger partial charge < -0.3 is 5.32 Å². The third-order valence-corrected chi connectivity index (χ3v) is 8.03. The molecule has 1 heterocycles. The van der Waals surface area contributed by atoms with E-state index in [0.717, 1.165) is 36.8 Å². The summed E-state index contributed by atoms with van der Waals surface area (Å²) in [7, 11) is -3.67. The van der Waals surface area contributed by atoms with Crippen LogP contribution in [0.25, 0.3) is 0 Å². The summed E-state index contributed by atoms with van der Waals surface area (Å²) in [5.74, 6) is -0.456. The standard InChI is InChI=1S/C22H26Cl2N2O3S/c1-3-15-8-10-19(23)17(4-2)21(15)25-22(27)18-14-16(9-11-20(18)24)30(28,29)26-12-6-5-7-13-26/h8-11,14H,3-7,12-13H2,1-2H3,(H,25,27). The van der Waals surface area contributed by atoms with Gasteiger partial charge in [0.2, 0.25) is 10.0 Å². The highest BCUT2D eigenvalue weighted by Gasteiger charge is 2.27. The van der Waals surface area contributed by atoms with Gasteiger partial charge in [-0.3, -0.25) is 4.79 Å². The van der Waals surface area contributed by atoms with Gasteiger partial charge in [-0.15, -0.1) is 0 Å². The van der Waals surface area contributed by atoms with Gasteiger partial charge in [0.25, 0.3) is 5.91 Å². The van der Waals surface area contributed by atoms with Gasteiger partial charge in [-0.2, -0.15) is 4.31 Å². The van der Waals surface area contributed by atoms with Crippen LogP contribution in [-0.4, -0.2) is 31.7 Å². The fourth-order valence-electron chi connectivity index (χ4n) is 3.74. The lowest BCUT2D eigenvalue weighted by molar-refractivity contribution is 0.102. The molecule has 30 heavy (non-hydrogen) atoms. The third-order valence-electron chi connectivity index (χ3n) is 5.45. The molecule has 5 nitrogen and oxygen atoms in total. The zero-order chi connectivity index (χ0) is 21.9. The van der Waals surface area contributed by atoms with E-state index in [1.807, 2.05) is 26.0 Å². The first-order valence-electron chi connectivity index (χ1n) is 10.2. The van der Waals surface area contributed by atoms with Crippen LogP contribution in [-0.2, 0) is 22.9 Å². The van der Waals surface area contributed by atoms with Crippen LogP contribution < -0.4 is 5.32 Å². The molecule has 0 spiro atoms. The number of hydrogen-bond donors (Lipinski definition) is 1. The summed E-state index contributed by atoms with van der Waals surface area (Å²) in [5, 5.41) is 3.70. The molecule has 3 rings (SSSR count). The highest BCUT2D eigenvalue weighted by molar-refractivity contribution is 7.89. The van der Waals surface area contributed by atoms with Gasteiger partial charge in [0.1, 0.15) is 0 Å². The average molecular weight is 469 g/mol. The molecule has 1 amide bonds. The summed E-state index contributed by atoms with van der Waals surface area (Å²) in [4.78, 5) is 13.2. The second kappa shape index (κ2) is 9.69. The van der Waals surface area contributed by atoms with E-state index in [4.69, 9.17) is 23.2 Å². The maximum atomic E-state index is 13.1. The molecule has 0 aromatic heterocycles. The van der Waals surface area contributed by atoms with Crippen molar-refractivity contribution < 1.29 is 13.2 Å². The third kappa shape index (κ3) is 4.67. The van der Waals surface area contributed by atoms with E-state index in [-0.39, 0.29) is 15.5 Å². The van der Waals surface area contributed by atoms with Crippen LogP contribution in [0.1, 0.15) is 54.6 Å². The van der Waals surface area contributed by atoms with Crippen LogP contribution in [0, 0.1) is 0 Å². The number of amides is 1. The fraction of sp³-hybridized carbons (Fsp3) is 0.409. The molecule has 2 aromatic carbocycles. The second-order valence-corrected chi connectivity index (χ2v) is 10.1. The van der Waals surface area contributed by atoms with E-state index >= 15 is 0 Å². The fourth-order valence-corrected chi connectivity index (χ4v) is 5.78. The van der Waals surface area contributed by atoms with Crippen LogP contribution in [0.15, 0.2) is 35.2 Å². The lowest BCUT2D eigenvalue weighted by atomic mass is 10.0. The summed E-state index contributed by atoms with van der Waals surface area (Å²) in [6.45, 7) is 4.95. The van der Waals surface area contributed by atoms with Crippen LogP contribution in [0.3, 0.4) is 0 Å². The second-order valence-electron chi connectivity index (χ2n) is 7.33. The number of hydrogen-bond acceptors (Lipinski definition) is 3. The number of anilines is 1. The SMILES string of the molecule is CCc1ccc(Cl)c(CC)c1NC(=O)c1cc(S(=O)(=O)N2CCCCC2)ccc1Cl. The van der Waals surface area contributed by atoms with Gasteiger partial charge >= 0.3 is 0 Å². The Kier molecular flexibility index (Phi) is 7.45. The quantitative estimate of drug-likeness (QED) is 0.604. The van der Waals surface area contributed by atoms with Crippen LogP contribution in [0.5, 0.6) is 0 Å². The summed E-state index contributed by atoms with van der Waals surface area (Å²) in [6, 6.07) is 8.00. The van der Waals surface area contributed by atoms with E-state index in [9.17, 15) is 13.2 Å². The molecule has 0 radical (unpaired) electrons. The van der Waals surface area contributed by atoms with E-state index in [2.05, 4.69) is 5.32 Å². The molecular formula is C22H26Cl2N2O3S. The van der Waals surface area contributed by atoms with Crippen molar-refractivity contribution in [1.82, 2.24) is 4.31 Å². The number of halogens is 2. The van der Waals surface area contributed by atoms with Gasteiger partial charge in [-0.05, 0) is 61.1 Å². The lowest BCUT2D eigenvalue weighted by Crippen LogP contribution is -2.35. The molecule has 1 saturated heterocycles. The first-order chi connectivity index (χ1) is 14.3. The Morgan fingerprint density at radius 3 is 2.30 bits per heavy atom. The molecule has 1 aliphatic rings. The predicted molar refractivity (Wildman–Crippen MR) is 122 cm³/mol. The summed E-state index contributed by atoms with van der Waals surface area (Å²) in [5.41, 5.74) is 2.59. The minimum absolute atomic E-state index is 0.0801. The van der Waals surface area contributed by atoms with E-state index in [1.54, 1.807) is 0 Å². The molecule has 0 unspecified atom stereocenters. The lowest BCUT2D eigenvalue weighted by Gasteiger charge is -2.26. The predicted octanol–water partition coefficient (Wildman–Crippen LogP) is 5.55. The van der Waals surface area contributed by atoms with Gasteiger partial charge in [0.15, 0.2) is 0 Å². The normalized spacial score (nSPS) is 15.2. The van der Waals surface area contributed by atoms with Gasteiger partial charge in [-0.25, -0.2) is 8.42 Å². The number of aryl methyl sites for hydroxylation is 1. The number of benzene rings is 2. The number of nitrogens with one attached hydrogen (secondary N) is 1. The first-order valence-corrected chi connectivity index (χ1v) is 12.4. The molecule has 8 heteroatoms.